The Balaban J connectivity index is 1.98. The number of halogens is 1. The minimum atomic E-state index is 0.0883. The lowest BCUT2D eigenvalue weighted by Crippen LogP contribution is -2.20. The minimum absolute atomic E-state index is 0.0883. The Labute approximate surface area is 133 Å². The Kier molecular flexibility index (Phi) is 4.23. The molecule has 0 saturated heterocycles. The third kappa shape index (κ3) is 3.09. The molecule has 3 N–H and O–H groups in total. The zero-order valence-corrected chi connectivity index (χ0v) is 13.2. The van der Waals surface area contributed by atoms with E-state index in [1.807, 2.05) is 12.1 Å². The van der Waals surface area contributed by atoms with Crippen LogP contribution in [0.4, 0.5) is 5.69 Å². The average Bonchev–Trinajstić information content (AvgIpc) is 2.52. The van der Waals surface area contributed by atoms with Crippen molar-refractivity contribution in [2.24, 2.45) is 5.73 Å². The van der Waals surface area contributed by atoms with E-state index < -0.39 is 0 Å². The highest BCUT2D eigenvalue weighted by atomic mass is 79.9. The maximum Gasteiger partial charge on any atom is 0.0642 e. The Morgan fingerprint density at radius 1 is 0.952 bits per heavy atom. The molecule has 0 fully saturated rings. The van der Waals surface area contributed by atoms with Crippen LogP contribution in [-0.4, -0.2) is 6.54 Å². The molecule has 3 heteroatoms. The van der Waals surface area contributed by atoms with Gasteiger partial charge in [0, 0.05) is 16.7 Å². The number of hydrogen-bond acceptors (Lipinski definition) is 2. The van der Waals surface area contributed by atoms with Crippen LogP contribution in [0.5, 0.6) is 0 Å². The van der Waals surface area contributed by atoms with E-state index in [0.29, 0.717) is 6.54 Å². The molecule has 1 atom stereocenters. The zero-order chi connectivity index (χ0) is 14.7. The number of benzene rings is 3. The smallest absolute Gasteiger partial charge is 0.0642 e. The van der Waals surface area contributed by atoms with Crippen molar-refractivity contribution < 1.29 is 0 Å². The van der Waals surface area contributed by atoms with Gasteiger partial charge in [-0.1, -0.05) is 64.5 Å². The van der Waals surface area contributed by atoms with Crippen molar-refractivity contribution in [1.29, 1.82) is 0 Å². The van der Waals surface area contributed by atoms with Gasteiger partial charge in [-0.15, -0.1) is 0 Å². The van der Waals surface area contributed by atoms with Gasteiger partial charge in [0.25, 0.3) is 0 Å². The summed E-state index contributed by atoms with van der Waals surface area (Å²) < 4.78 is 1.06. The molecule has 0 saturated carbocycles. The van der Waals surface area contributed by atoms with Gasteiger partial charge in [-0.3, -0.25) is 0 Å². The van der Waals surface area contributed by atoms with Crippen molar-refractivity contribution in [3.05, 3.63) is 76.8 Å². The topological polar surface area (TPSA) is 38.0 Å². The maximum absolute atomic E-state index is 6.01. The van der Waals surface area contributed by atoms with Gasteiger partial charge in [-0.25, -0.2) is 0 Å². The molecule has 0 aromatic heterocycles. The Hall–Kier alpha value is -1.84. The van der Waals surface area contributed by atoms with Gasteiger partial charge in [0.2, 0.25) is 0 Å². The highest BCUT2D eigenvalue weighted by Gasteiger charge is 2.12. The van der Waals surface area contributed by atoms with Gasteiger partial charge in [-0.2, -0.15) is 0 Å². The van der Waals surface area contributed by atoms with E-state index in [1.165, 1.54) is 16.3 Å². The predicted molar refractivity (Wildman–Crippen MR) is 93.5 cm³/mol. The second-order valence-corrected chi connectivity index (χ2v) is 5.93. The van der Waals surface area contributed by atoms with Gasteiger partial charge in [0.1, 0.15) is 0 Å². The van der Waals surface area contributed by atoms with Crippen LogP contribution in [0.1, 0.15) is 11.6 Å². The van der Waals surface area contributed by atoms with E-state index in [4.69, 9.17) is 5.73 Å². The summed E-state index contributed by atoms with van der Waals surface area (Å²) in [6.45, 7) is 0.542. The van der Waals surface area contributed by atoms with Gasteiger partial charge in [-0.05, 0) is 34.5 Å². The molecule has 106 valence electrons. The number of anilines is 1. The fourth-order valence-electron chi connectivity index (χ4n) is 2.60. The lowest BCUT2D eigenvalue weighted by atomic mass is 9.98. The van der Waals surface area contributed by atoms with Gasteiger partial charge < -0.3 is 11.1 Å². The van der Waals surface area contributed by atoms with Crippen LogP contribution >= 0.6 is 15.9 Å². The molecule has 0 amide bonds. The summed E-state index contributed by atoms with van der Waals surface area (Å²) in [4.78, 5) is 0. The second kappa shape index (κ2) is 6.29. The standard InChI is InChI=1S/C18H17BrN2/c19-14-7-4-8-15(11-14)21-18(12-20)17-10-3-6-13-5-1-2-9-16(13)17/h1-11,18,21H,12,20H2. The summed E-state index contributed by atoms with van der Waals surface area (Å²) in [5.74, 6) is 0. The van der Waals surface area contributed by atoms with Crippen LogP contribution in [0.2, 0.25) is 0 Å². The molecule has 0 spiro atoms. The largest absolute Gasteiger partial charge is 0.377 e. The van der Waals surface area contributed by atoms with Crippen molar-refractivity contribution in [3.8, 4) is 0 Å². The Morgan fingerprint density at radius 3 is 2.52 bits per heavy atom. The van der Waals surface area contributed by atoms with Crippen LogP contribution in [-0.2, 0) is 0 Å². The third-order valence-corrected chi connectivity index (χ3v) is 4.09. The highest BCUT2D eigenvalue weighted by Crippen LogP contribution is 2.27. The fraction of sp³-hybridized carbons (Fsp3) is 0.111. The van der Waals surface area contributed by atoms with Crippen LogP contribution in [0, 0.1) is 0 Å². The summed E-state index contributed by atoms with van der Waals surface area (Å²) in [6, 6.07) is 23.0. The van der Waals surface area contributed by atoms with E-state index in [9.17, 15) is 0 Å². The molecule has 0 aliphatic rings. The molecular formula is C18H17BrN2. The molecule has 0 radical (unpaired) electrons. The van der Waals surface area contributed by atoms with Crippen molar-refractivity contribution in [1.82, 2.24) is 0 Å². The molecular weight excluding hydrogens is 324 g/mol. The molecule has 0 heterocycles. The van der Waals surface area contributed by atoms with Crippen LogP contribution in [0.25, 0.3) is 10.8 Å². The van der Waals surface area contributed by atoms with E-state index in [2.05, 4.69) is 75.8 Å². The Morgan fingerprint density at radius 2 is 1.71 bits per heavy atom. The first-order valence-electron chi connectivity index (χ1n) is 6.98. The summed E-state index contributed by atoms with van der Waals surface area (Å²) in [5.41, 5.74) is 8.30. The summed E-state index contributed by atoms with van der Waals surface area (Å²) in [6.07, 6.45) is 0. The Bertz CT molecular complexity index is 750. The number of nitrogens with two attached hydrogens (primary N) is 1. The number of rotatable bonds is 4. The monoisotopic (exact) mass is 340 g/mol. The van der Waals surface area contributed by atoms with Crippen LogP contribution in [0.15, 0.2) is 71.2 Å². The molecule has 3 rings (SSSR count). The first-order valence-corrected chi connectivity index (χ1v) is 7.77. The van der Waals surface area contributed by atoms with Gasteiger partial charge in [0.05, 0.1) is 6.04 Å². The summed E-state index contributed by atoms with van der Waals surface area (Å²) in [7, 11) is 0. The lowest BCUT2D eigenvalue weighted by Gasteiger charge is -2.20. The molecule has 0 bridgehead atoms. The van der Waals surface area contributed by atoms with Crippen molar-refractivity contribution in [2.75, 3.05) is 11.9 Å². The van der Waals surface area contributed by atoms with Crippen molar-refractivity contribution in [3.63, 3.8) is 0 Å². The lowest BCUT2D eigenvalue weighted by molar-refractivity contribution is 0.796. The highest BCUT2D eigenvalue weighted by molar-refractivity contribution is 9.10. The zero-order valence-electron chi connectivity index (χ0n) is 11.6. The van der Waals surface area contributed by atoms with E-state index in [0.717, 1.165) is 10.2 Å². The molecule has 1 unspecified atom stereocenters. The third-order valence-electron chi connectivity index (χ3n) is 3.60. The van der Waals surface area contributed by atoms with Gasteiger partial charge >= 0.3 is 0 Å². The van der Waals surface area contributed by atoms with E-state index in [-0.39, 0.29) is 6.04 Å². The molecule has 3 aromatic carbocycles. The van der Waals surface area contributed by atoms with Crippen molar-refractivity contribution in [2.45, 2.75) is 6.04 Å². The normalized spacial score (nSPS) is 12.3. The molecule has 0 aliphatic heterocycles. The first-order chi connectivity index (χ1) is 10.3. The number of fused-ring (bicyclic) bond motifs is 1. The summed E-state index contributed by atoms with van der Waals surface area (Å²) in [5, 5.41) is 6.01. The van der Waals surface area contributed by atoms with Crippen LogP contribution in [0.3, 0.4) is 0 Å². The first kappa shape index (κ1) is 14.1. The molecule has 21 heavy (non-hydrogen) atoms. The molecule has 2 nitrogen and oxygen atoms in total. The minimum Gasteiger partial charge on any atom is -0.377 e. The quantitative estimate of drug-likeness (QED) is 0.721. The van der Waals surface area contributed by atoms with E-state index in [1.54, 1.807) is 0 Å². The SMILES string of the molecule is NCC(Nc1cccc(Br)c1)c1cccc2ccccc12. The molecule has 3 aromatic rings. The summed E-state index contributed by atoms with van der Waals surface area (Å²) >= 11 is 3.50. The second-order valence-electron chi connectivity index (χ2n) is 5.01. The maximum atomic E-state index is 6.01. The van der Waals surface area contributed by atoms with E-state index >= 15 is 0 Å². The number of hydrogen-bond donors (Lipinski definition) is 2. The number of nitrogens with one attached hydrogen (secondary N) is 1. The molecule has 0 aliphatic carbocycles. The van der Waals surface area contributed by atoms with Gasteiger partial charge in [0.15, 0.2) is 0 Å². The van der Waals surface area contributed by atoms with Crippen molar-refractivity contribution >= 4 is 32.4 Å². The average molecular weight is 341 g/mol. The van der Waals surface area contributed by atoms with Crippen LogP contribution < -0.4 is 11.1 Å². The fourth-order valence-corrected chi connectivity index (χ4v) is 3.00. The predicted octanol–water partition coefficient (Wildman–Crippen LogP) is 4.71.